The molecule has 27 heavy (non-hydrogen) atoms. The predicted molar refractivity (Wildman–Crippen MR) is 101 cm³/mol. The summed E-state index contributed by atoms with van der Waals surface area (Å²) in [5.74, 6) is -0.574. The minimum atomic E-state index is -4.07. The van der Waals surface area contributed by atoms with Gasteiger partial charge in [-0.15, -0.1) is 0 Å². The van der Waals surface area contributed by atoms with Crippen LogP contribution in [-0.4, -0.2) is 16.8 Å². The summed E-state index contributed by atoms with van der Waals surface area (Å²) in [6.07, 6.45) is 5.81. The molecule has 9 heteroatoms. The molecule has 0 radical (unpaired) electrons. The smallest absolute Gasteiger partial charge is 0.261 e. The van der Waals surface area contributed by atoms with Crippen LogP contribution < -0.4 is 9.86 Å². The number of benzene rings is 2. The maximum absolute atomic E-state index is 14.1. The van der Waals surface area contributed by atoms with Crippen LogP contribution in [0.25, 0.3) is 0 Å². The first-order chi connectivity index (χ1) is 12.7. The molecule has 1 saturated carbocycles. The number of hydrogen-bond donors (Lipinski definition) is 2. The third-order valence-electron chi connectivity index (χ3n) is 4.78. The molecule has 0 heterocycles. The molecule has 1 fully saturated rings. The monoisotopic (exact) mass is 412 g/mol. The van der Waals surface area contributed by atoms with Crippen LogP contribution in [0.3, 0.4) is 0 Å². The second kappa shape index (κ2) is 7.57. The average Bonchev–Trinajstić information content (AvgIpc) is 2.63. The van der Waals surface area contributed by atoms with Crippen LogP contribution in [0.2, 0.25) is 0 Å². The molecule has 0 unspecified atom stereocenters. The molecule has 6 nitrogen and oxygen atoms in total. The molecule has 0 bridgehead atoms. The van der Waals surface area contributed by atoms with Gasteiger partial charge in [-0.05, 0) is 54.7 Å². The average molecular weight is 413 g/mol. The lowest BCUT2D eigenvalue weighted by Gasteiger charge is -2.22. The maximum Gasteiger partial charge on any atom is 0.261 e. The van der Waals surface area contributed by atoms with Crippen molar-refractivity contribution in [3.05, 3.63) is 53.8 Å². The van der Waals surface area contributed by atoms with E-state index >= 15 is 0 Å². The van der Waals surface area contributed by atoms with Crippen molar-refractivity contribution in [3.8, 4) is 0 Å². The Balaban J connectivity index is 1.80. The lowest BCUT2D eigenvalue weighted by molar-refractivity contribution is 0.443. The molecule has 146 valence electrons. The number of hydrogen-bond acceptors (Lipinski definition) is 4. The van der Waals surface area contributed by atoms with Gasteiger partial charge in [-0.25, -0.2) is 26.4 Å². The highest BCUT2D eigenvalue weighted by Crippen LogP contribution is 2.33. The number of anilines is 1. The van der Waals surface area contributed by atoms with E-state index in [1.807, 2.05) is 0 Å². The topological polar surface area (TPSA) is 106 Å². The Labute approximate surface area is 158 Å². The summed E-state index contributed by atoms with van der Waals surface area (Å²) in [7, 11) is -8.07. The van der Waals surface area contributed by atoms with Gasteiger partial charge in [0, 0.05) is 0 Å². The Hall–Kier alpha value is -1.97. The Morgan fingerprint density at radius 3 is 2.04 bits per heavy atom. The second-order valence-corrected chi connectivity index (χ2v) is 9.94. The number of nitrogens with two attached hydrogens (primary N) is 1. The number of rotatable bonds is 5. The highest BCUT2D eigenvalue weighted by Gasteiger charge is 2.20. The molecule has 2 aromatic rings. The van der Waals surface area contributed by atoms with E-state index < -0.39 is 30.8 Å². The Bertz CT molecular complexity index is 1030. The van der Waals surface area contributed by atoms with Crippen LogP contribution in [-0.2, 0) is 20.0 Å². The summed E-state index contributed by atoms with van der Waals surface area (Å²) in [4.78, 5) is -0.420. The molecule has 3 N–H and O–H groups in total. The van der Waals surface area contributed by atoms with Crippen molar-refractivity contribution >= 4 is 25.7 Å². The zero-order valence-electron chi connectivity index (χ0n) is 14.6. The number of halogens is 1. The van der Waals surface area contributed by atoms with Crippen LogP contribution in [0.4, 0.5) is 10.1 Å². The zero-order valence-corrected chi connectivity index (χ0v) is 16.2. The van der Waals surface area contributed by atoms with Gasteiger partial charge in [-0.2, -0.15) is 0 Å². The molecule has 0 spiro atoms. The standard InChI is InChI=1S/C18H21FN2O4S2/c19-17-12-16(26(20,22)23)10-11-18(17)21-27(24,25)15-8-6-14(7-9-15)13-4-2-1-3-5-13/h6-13,21H,1-5H2,(H2,20,22,23). The lowest BCUT2D eigenvalue weighted by Crippen LogP contribution is -2.16. The fraction of sp³-hybridized carbons (Fsp3) is 0.333. The first kappa shape index (κ1) is 19.8. The quantitative estimate of drug-likeness (QED) is 0.785. The molecular weight excluding hydrogens is 391 g/mol. The molecule has 3 rings (SSSR count). The van der Waals surface area contributed by atoms with E-state index in [1.54, 1.807) is 12.1 Å². The largest absolute Gasteiger partial charge is 0.277 e. The van der Waals surface area contributed by atoms with E-state index in [1.165, 1.54) is 31.4 Å². The van der Waals surface area contributed by atoms with E-state index in [9.17, 15) is 21.2 Å². The molecule has 0 amide bonds. The first-order valence-electron chi connectivity index (χ1n) is 8.62. The van der Waals surface area contributed by atoms with Crippen LogP contribution in [0.1, 0.15) is 43.6 Å². The van der Waals surface area contributed by atoms with Gasteiger partial charge in [-0.1, -0.05) is 31.4 Å². The van der Waals surface area contributed by atoms with E-state index in [4.69, 9.17) is 5.14 Å². The summed E-state index contributed by atoms with van der Waals surface area (Å²) in [6.45, 7) is 0. The van der Waals surface area contributed by atoms with E-state index in [-0.39, 0.29) is 10.6 Å². The number of primary sulfonamides is 1. The molecule has 0 atom stereocenters. The Morgan fingerprint density at radius 1 is 0.889 bits per heavy atom. The first-order valence-corrected chi connectivity index (χ1v) is 11.6. The Morgan fingerprint density at radius 2 is 1.48 bits per heavy atom. The highest BCUT2D eigenvalue weighted by molar-refractivity contribution is 7.92. The zero-order chi connectivity index (χ0) is 19.7. The highest BCUT2D eigenvalue weighted by atomic mass is 32.2. The van der Waals surface area contributed by atoms with Gasteiger partial charge in [0.2, 0.25) is 10.0 Å². The maximum atomic E-state index is 14.1. The Kier molecular flexibility index (Phi) is 5.55. The summed E-state index contributed by atoms with van der Waals surface area (Å²) >= 11 is 0. The second-order valence-electron chi connectivity index (χ2n) is 6.70. The molecule has 0 aromatic heterocycles. The van der Waals surface area contributed by atoms with Crippen molar-refractivity contribution in [2.24, 2.45) is 5.14 Å². The van der Waals surface area contributed by atoms with Gasteiger partial charge >= 0.3 is 0 Å². The summed E-state index contributed by atoms with van der Waals surface area (Å²) < 4.78 is 63.7. The van der Waals surface area contributed by atoms with E-state index in [0.717, 1.165) is 30.5 Å². The predicted octanol–water partition coefficient (Wildman–Crippen LogP) is 3.32. The van der Waals surface area contributed by atoms with Crippen molar-refractivity contribution in [1.82, 2.24) is 0 Å². The van der Waals surface area contributed by atoms with Crippen molar-refractivity contribution in [1.29, 1.82) is 0 Å². The van der Waals surface area contributed by atoms with Crippen molar-refractivity contribution in [2.75, 3.05) is 4.72 Å². The summed E-state index contributed by atoms with van der Waals surface area (Å²) in [6, 6.07) is 9.35. The summed E-state index contributed by atoms with van der Waals surface area (Å²) in [5, 5.41) is 4.94. The van der Waals surface area contributed by atoms with Crippen LogP contribution in [0.15, 0.2) is 52.3 Å². The molecule has 2 aromatic carbocycles. The normalized spacial score (nSPS) is 16.2. The van der Waals surface area contributed by atoms with E-state index in [2.05, 4.69) is 4.72 Å². The van der Waals surface area contributed by atoms with Gasteiger partial charge in [0.1, 0.15) is 5.82 Å². The fourth-order valence-electron chi connectivity index (χ4n) is 3.31. The third kappa shape index (κ3) is 4.66. The third-order valence-corrected chi connectivity index (χ3v) is 7.07. The van der Waals surface area contributed by atoms with Crippen molar-refractivity contribution in [2.45, 2.75) is 47.8 Å². The molecule has 1 aliphatic carbocycles. The fourth-order valence-corrected chi connectivity index (χ4v) is 4.91. The number of nitrogens with one attached hydrogen (secondary N) is 1. The minimum absolute atomic E-state index is 0.0111. The molecule has 0 aliphatic heterocycles. The van der Waals surface area contributed by atoms with Gasteiger partial charge < -0.3 is 0 Å². The van der Waals surface area contributed by atoms with E-state index in [0.29, 0.717) is 12.0 Å². The molecular formula is C18H21FN2O4S2. The van der Waals surface area contributed by atoms with Crippen molar-refractivity contribution in [3.63, 3.8) is 0 Å². The molecule has 0 saturated heterocycles. The van der Waals surface area contributed by atoms with Crippen molar-refractivity contribution < 1.29 is 21.2 Å². The van der Waals surface area contributed by atoms with Gasteiger partial charge in [0.05, 0.1) is 15.5 Å². The van der Waals surface area contributed by atoms with Crippen LogP contribution in [0.5, 0.6) is 0 Å². The minimum Gasteiger partial charge on any atom is -0.277 e. The lowest BCUT2D eigenvalue weighted by atomic mass is 9.84. The van der Waals surface area contributed by atoms with Gasteiger partial charge in [0.25, 0.3) is 10.0 Å². The number of sulfonamides is 2. The summed E-state index contributed by atoms with van der Waals surface area (Å²) in [5.41, 5.74) is 0.760. The van der Waals surface area contributed by atoms with Crippen LogP contribution in [0, 0.1) is 5.82 Å². The molecule has 1 aliphatic rings. The van der Waals surface area contributed by atoms with Gasteiger partial charge in [0.15, 0.2) is 0 Å². The van der Waals surface area contributed by atoms with Gasteiger partial charge in [-0.3, -0.25) is 4.72 Å². The van der Waals surface area contributed by atoms with Crippen LogP contribution >= 0.6 is 0 Å². The SMILES string of the molecule is NS(=O)(=O)c1ccc(NS(=O)(=O)c2ccc(C3CCCCC3)cc2)c(F)c1.